The quantitative estimate of drug-likeness (QED) is 0.786. The molecule has 3 nitrogen and oxygen atoms in total. The van der Waals surface area contributed by atoms with Gasteiger partial charge in [-0.2, -0.15) is 0 Å². The van der Waals surface area contributed by atoms with Crippen molar-refractivity contribution in [3.8, 4) is 0 Å². The first-order valence-electron chi connectivity index (χ1n) is 6.81. The van der Waals surface area contributed by atoms with Gasteiger partial charge >= 0.3 is 0 Å². The molecule has 0 radical (unpaired) electrons. The Bertz CT molecular complexity index is 526. The van der Waals surface area contributed by atoms with E-state index in [1.807, 2.05) is 0 Å². The zero-order valence-corrected chi connectivity index (χ0v) is 11.8. The minimum absolute atomic E-state index is 0.0827. The van der Waals surface area contributed by atoms with E-state index in [0.29, 0.717) is 32.7 Å². The first kappa shape index (κ1) is 14.0. The van der Waals surface area contributed by atoms with Crippen molar-refractivity contribution in [3.63, 3.8) is 0 Å². The number of hydrogen-bond acceptors (Lipinski definition) is 3. The van der Waals surface area contributed by atoms with E-state index in [4.69, 9.17) is 21.1 Å². The molecule has 2 aliphatic heterocycles. The van der Waals surface area contributed by atoms with Crippen LogP contribution in [-0.2, 0) is 9.47 Å². The van der Waals surface area contributed by atoms with Crippen LogP contribution in [0.4, 0.5) is 4.39 Å². The van der Waals surface area contributed by atoms with Crippen LogP contribution in [0.5, 0.6) is 0 Å². The van der Waals surface area contributed by atoms with Gasteiger partial charge < -0.3 is 9.47 Å². The maximum absolute atomic E-state index is 13.5. The Balaban J connectivity index is 1.81. The highest BCUT2D eigenvalue weighted by molar-refractivity contribution is 6.34. The van der Waals surface area contributed by atoms with E-state index in [9.17, 15) is 9.18 Å². The number of hydrogen-bond donors (Lipinski definition) is 0. The number of benzene rings is 1. The summed E-state index contributed by atoms with van der Waals surface area (Å²) in [5.74, 6) is -0.822. The fourth-order valence-electron chi connectivity index (χ4n) is 3.03. The predicted octanol–water partition coefficient (Wildman–Crippen LogP) is 3.25. The second-order valence-electron chi connectivity index (χ2n) is 5.49. The Kier molecular flexibility index (Phi) is 3.80. The molecule has 5 heteroatoms. The minimum atomic E-state index is -0.552. The Labute approximate surface area is 122 Å². The van der Waals surface area contributed by atoms with Gasteiger partial charge in [-0.3, -0.25) is 4.79 Å². The first-order chi connectivity index (χ1) is 9.61. The molecule has 2 saturated heterocycles. The van der Waals surface area contributed by atoms with Crippen molar-refractivity contribution in [2.75, 3.05) is 19.8 Å². The fourth-order valence-corrected chi connectivity index (χ4v) is 3.25. The fraction of sp³-hybridized carbons (Fsp3) is 0.533. The largest absolute Gasteiger partial charge is 0.378 e. The van der Waals surface area contributed by atoms with Crippen LogP contribution in [0.1, 0.15) is 29.6 Å². The molecule has 2 heterocycles. The molecular formula is C15H16ClFO3. The van der Waals surface area contributed by atoms with Crippen LogP contribution < -0.4 is 0 Å². The van der Waals surface area contributed by atoms with Crippen LogP contribution in [0, 0.1) is 11.7 Å². The summed E-state index contributed by atoms with van der Waals surface area (Å²) < 4.78 is 24.7. The smallest absolute Gasteiger partial charge is 0.167 e. The van der Waals surface area contributed by atoms with Gasteiger partial charge in [0.15, 0.2) is 5.78 Å². The summed E-state index contributed by atoms with van der Waals surface area (Å²) in [5, 5.41) is -0.0827. The molecule has 0 amide bonds. The minimum Gasteiger partial charge on any atom is -0.378 e. The van der Waals surface area contributed by atoms with E-state index in [0.717, 1.165) is 6.42 Å². The Morgan fingerprint density at radius 1 is 1.40 bits per heavy atom. The number of halogens is 2. The normalized spacial score (nSPS) is 29.8. The summed E-state index contributed by atoms with van der Waals surface area (Å²) in [4.78, 5) is 12.6. The molecule has 0 N–H and O–H groups in total. The molecule has 2 unspecified atom stereocenters. The highest BCUT2D eigenvalue weighted by Crippen LogP contribution is 2.37. The molecule has 1 aromatic rings. The topological polar surface area (TPSA) is 35.5 Å². The Morgan fingerprint density at radius 3 is 3.00 bits per heavy atom. The van der Waals surface area contributed by atoms with Crippen LogP contribution in [0.15, 0.2) is 18.2 Å². The third kappa shape index (κ3) is 2.48. The lowest BCUT2D eigenvalue weighted by atomic mass is 9.81. The first-order valence-corrected chi connectivity index (χ1v) is 7.19. The van der Waals surface area contributed by atoms with E-state index < -0.39 is 5.82 Å². The molecule has 0 saturated carbocycles. The predicted molar refractivity (Wildman–Crippen MR) is 72.6 cm³/mol. The van der Waals surface area contributed by atoms with Crippen molar-refractivity contribution in [2.45, 2.75) is 24.9 Å². The van der Waals surface area contributed by atoms with Crippen molar-refractivity contribution in [3.05, 3.63) is 34.6 Å². The molecular weight excluding hydrogens is 283 g/mol. The highest BCUT2D eigenvalue weighted by atomic mass is 35.5. The van der Waals surface area contributed by atoms with Crippen LogP contribution in [0.2, 0.25) is 5.02 Å². The molecule has 1 aromatic carbocycles. The molecule has 0 aromatic heterocycles. The number of ketones is 1. The second-order valence-corrected chi connectivity index (χ2v) is 5.87. The number of ether oxygens (including phenoxy) is 2. The zero-order valence-electron chi connectivity index (χ0n) is 11.0. The SMILES string of the molecule is O=C(c1cccc(F)c1Cl)C1CCOC2(CCOC2)C1. The van der Waals surface area contributed by atoms with E-state index in [2.05, 4.69) is 0 Å². The van der Waals surface area contributed by atoms with Crippen molar-refractivity contribution in [1.29, 1.82) is 0 Å². The monoisotopic (exact) mass is 298 g/mol. The Morgan fingerprint density at radius 2 is 2.25 bits per heavy atom. The summed E-state index contributed by atoms with van der Waals surface area (Å²) in [6, 6.07) is 4.36. The molecule has 3 rings (SSSR count). The number of carbonyl (C=O) groups is 1. The third-order valence-corrected chi connectivity index (χ3v) is 4.53. The van der Waals surface area contributed by atoms with Gasteiger partial charge in [0.25, 0.3) is 0 Å². The van der Waals surface area contributed by atoms with Gasteiger partial charge in [0.05, 0.1) is 17.2 Å². The maximum atomic E-state index is 13.5. The summed E-state index contributed by atoms with van der Waals surface area (Å²) in [7, 11) is 0. The third-order valence-electron chi connectivity index (χ3n) is 4.15. The lowest BCUT2D eigenvalue weighted by Gasteiger charge is -2.36. The van der Waals surface area contributed by atoms with Gasteiger partial charge in [-0.05, 0) is 25.0 Å². The Hall–Kier alpha value is -0.970. The molecule has 2 aliphatic rings. The molecule has 2 fully saturated rings. The van der Waals surface area contributed by atoms with Gasteiger partial charge in [-0.15, -0.1) is 0 Å². The lowest BCUT2D eigenvalue weighted by molar-refractivity contribution is -0.0920. The van der Waals surface area contributed by atoms with Gasteiger partial charge in [0.2, 0.25) is 0 Å². The van der Waals surface area contributed by atoms with Crippen molar-refractivity contribution in [1.82, 2.24) is 0 Å². The van der Waals surface area contributed by atoms with Crippen molar-refractivity contribution < 1.29 is 18.7 Å². The van der Waals surface area contributed by atoms with Crippen LogP contribution in [-0.4, -0.2) is 31.2 Å². The van der Waals surface area contributed by atoms with Gasteiger partial charge in [0.1, 0.15) is 5.82 Å². The van der Waals surface area contributed by atoms with Gasteiger partial charge in [0, 0.05) is 31.1 Å². The number of Topliss-reactive ketones (excluding diaryl/α,β-unsaturated/α-hetero) is 1. The van der Waals surface area contributed by atoms with E-state index in [1.54, 1.807) is 6.07 Å². The molecule has 0 aliphatic carbocycles. The summed E-state index contributed by atoms with van der Waals surface area (Å²) >= 11 is 5.91. The lowest BCUT2D eigenvalue weighted by Crippen LogP contribution is -2.42. The molecule has 20 heavy (non-hydrogen) atoms. The van der Waals surface area contributed by atoms with Crippen LogP contribution in [0.25, 0.3) is 0 Å². The number of carbonyl (C=O) groups excluding carboxylic acids is 1. The van der Waals surface area contributed by atoms with Crippen LogP contribution in [0.3, 0.4) is 0 Å². The zero-order chi connectivity index (χ0) is 14.2. The summed E-state index contributed by atoms with van der Waals surface area (Å²) in [5.41, 5.74) is -0.0640. The van der Waals surface area contributed by atoms with Gasteiger partial charge in [-0.1, -0.05) is 17.7 Å². The van der Waals surface area contributed by atoms with Gasteiger partial charge in [-0.25, -0.2) is 4.39 Å². The highest BCUT2D eigenvalue weighted by Gasteiger charge is 2.43. The van der Waals surface area contributed by atoms with Crippen molar-refractivity contribution >= 4 is 17.4 Å². The molecule has 108 valence electrons. The van der Waals surface area contributed by atoms with E-state index >= 15 is 0 Å². The molecule has 0 bridgehead atoms. The standard InChI is InChI=1S/C15H16ClFO3/c16-13-11(2-1-3-12(13)17)14(18)10-4-6-20-15(8-10)5-7-19-9-15/h1-3,10H,4-9H2. The average molecular weight is 299 g/mol. The summed E-state index contributed by atoms with van der Waals surface area (Å²) in [6.07, 6.45) is 2.08. The van der Waals surface area contributed by atoms with Crippen molar-refractivity contribution in [2.24, 2.45) is 5.92 Å². The maximum Gasteiger partial charge on any atom is 0.167 e. The molecule has 1 spiro atoms. The molecule has 2 atom stereocenters. The summed E-state index contributed by atoms with van der Waals surface area (Å²) in [6.45, 7) is 1.74. The van der Waals surface area contributed by atoms with E-state index in [-0.39, 0.29) is 27.9 Å². The van der Waals surface area contributed by atoms with E-state index in [1.165, 1.54) is 12.1 Å². The number of rotatable bonds is 2. The average Bonchev–Trinajstić information content (AvgIpc) is 2.89. The second kappa shape index (κ2) is 5.43. The van der Waals surface area contributed by atoms with Crippen LogP contribution >= 0.6 is 11.6 Å².